The molecular weight excluding hydrogens is 796 g/mol. The van der Waals surface area contributed by atoms with Crippen LogP contribution in [0.2, 0.25) is 15.1 Å². The number of hydrogen-bond donors (Lipinski definition) is 3. The van der Waals surface area contributed by atoms with Crippen LogP contribution in [0.5, 0.6) is 0 Å². The predicted octanol–water partition coefficient (Wildman–Crippen LogP) is 9.64. The highest BCUT2D eigenvalue weighted by atomic mass is 79.9. The quantitative estimate of drug-likeness (QED) is 0.230. The third-order valence-electron chi connectivity index (χ3n) is 5.64. The lowest BCUT2D eigenvalue weighted by molar-refractivity contribution is -0.117. The number of benzene rings is 3. The molecule has 0 saturated heterocycles. The lowest BCUT2D eigenvalue weighted by Gasteiger charge is -2.18. The molecule has 0 saturated carbocycles. The van der Waals surface area contributed by atoms with Gasteiger partial charge in [0, 0.05) is 55.6 Å². The second-order valence-corrected chi connectivity index (χ2v) is 12.6. The third kappa shape index (κ3) is 9.61. The smallest absolute Gasteiger partial charge is 0.225 e. The summed E-state index contributed by atoms with van der Waals surface area (Å²) in [6, 6.07) is 12.5. The predicted molar refractivity (Wildman–Crippen MR) is 175 cm³/mol. The molecule has 0 unspecified atom stereocenters. The van der Waals surface area contributed by atoms with E-state index in [2.05, 4.69) is 63.7 Å². The molecule has 3 aromatic rings. The molecule has 3 N–H and O–H groups in total. The molecule has 212 valence electrons. The molecule has 0 fully saturated rings. The van der Waals surface area contributed by atoms with Gasteiger partial charge in [-0.05, 0) is 114 Å². The van der Waals surface area contributed by atoms with Crippen molar-refractivity contribution in [3.63, 3.8) is 0 Å². The summed E-state index contributed by atoms with van der Waals surface area (Å²) in [4.78, 5) is 33.3. The average molecular weight is 818 g/mol. The van der Waals surface area contributed by atoms with Gasteiger partial charge in [-0.3, -0.25) is 14.4 Å². The minimum absolute atomic E-state index is 0.0710. The number of hydrogen-bond acceptors (Lipinski definition) is 3. The number of carbonyl (C=O) groups excluding carboxylic acids is 3. The minimum Gasteiger partial charge on any atom is -0.326 e. The Kier molecular flexibility index (Phi) is 13.1. The van der Waals surface area contributed by atoms with Gasteiger partial charge in [-0.2, -0.15) is 0 Å². The number of anilines is 3. The molecular formula is C27H22Br3Cl4N3O3. The molecule has 0 radical (unpaired) electrons. The Balaban J connectivity index is 0.000000165. The van der Waals surface area contributed by atoms with Crippen LogP contribution in [0.25, 0.3) is 0 Å². The molecule has 0 aliphatic carbocycles. The first-order valence-corrected chi connectivity index (χ1v) is 15.9. The molecule has 3 amide bonds. The number of alkyl halides is 1. The van der Waals surface area contributed by atoms with Crippen LogP contribution < -0.4 is 16.0 Å². The summed E-state index contributed by atoms with van der Waals surface area (Å²) in [7, 11) is 0. The van der Waals surface area contributed by atoms with Crippen molar-refractivity contribution in [3.8, 4) is 0 Å². The van der Waals surface area contributed by atoms with Gasteiger partial charge in [0.25, 0.3) is 0 Å². The Labute approximate surface area is 277 Å². The van der Waals surface area contributed by atoms with Gasteiger partial charge in [-0.1, -0.05) is 34.8 Å². The number of halogens is 7. The first-order valence-electron chi connectivity index (χ1n) is 11.8. The van der Waals surface area contributed by atoms with Crippen molar-refractivity contribution in [3.05, 3.63) is 82.1 Å². The van der Waals surface area contributed by atoms with Crippen molar-refractivity contribution in [1.29, 1.82) is 0 Å². The van der Waals surface area contributed by atoms with Crippen molar-refractivity contribution >= 4 is 129 Å². The summed E-state index contributed by atoms with van der Waals surface area (Å²) in [5, 5.41) is 10.3. The number of amides is 3. The molecule has 2 aliphatic rings. The van der Waals surface area contributed by atoms with E-state index in [0.29, 0.717) is 45.9 Å². The van der Waals surface area contributed by atoms with Gasteiger partial charge in [-0.25, -0.2) is 0 Å². The zero-order valence-electron chi connectivity index (χ0n) is 20.7. The fourth-order valence-electron chi connectivity index (χ4n) is 3.66. The van der Waals surface area contributed by atoms with Gasteiger partial charge in [-0.15, -0.1) is 11.6 Å². The van der Waals surface area contributed by atoms with E-state index in [-0.39, 0.29) is 17.7 Å². The molecule has 0 aromatic heterocycles. The molecule has 2 heterocycles. The molecule has 0 atom stereocenters. The van der Waals surface area contributed by atoms with Crippen LogP contribution in [-0.2, 0) is 27.2 Å². The summed E-state index contributed by atoms with van der Waals surface area (Å²) >= 11 is 33.0. The van der Waals surface area contributed by atoms with Crippen molar-refractivity contribution in [2.24, 2.45) is 0 Å². The molecule has 0 bridgehead atoms. The van der Waals surface area contributed by atoms with Gasteiger partial charge >= 0.3 is 0 Å². The average Bonchev–Trinajstić information content (AvgIpc) is 2.90. The summed E-state index contributed by atoms with van der Waals surface area (Å²) in [6.45, 7) is 0. The highest BCUT2D eigenvalue weighted by Gasteiger charge is 2.18. The Hall–Kier alpha value is -1.33. The zero-order valence-corrected chi connectivity index (χ0v) is 28.4. The Bertz CT molecular complexity index is 1430. The lowest BCUT2D eigenvalue weighted by atomic mass is 10.0. The maximum atomic E-state index is 11.2. The Morgan fingerprint density at radius 2 is 1.40 bits per heavy atom. The van der Waals surface area contributed by atoms with Crippen molar-refractivity contribution in [2.75, 3.05) is 21.8 Å². The highest BCUT2D eigenvalue weighted by molar-refractivity contribution is 9.11. The van der Waals surface area contributed by atoms with Crippen LogP contribution in [0.3, 0.4) is 0 Å². The molecule has 13 heteroatoms. The maximum Gasteiger partial charge on any atom is 0.225 e. The van der Waals surface area contributed by atoms with Crippen LogP contribution >= 0.6 is 94.2 Å². The number of nitrogens with one attached hydrogen (secondary N) is 3. The normalized spacial score (nSPS) is 13.3. The number of carbonyl (C=O) groups is 3. The summed E-state index contributed by atoms with van der Waals surface area (Å²) < 4.78 is 2.46. The third-order valence-corrected chi connectivity index (χ3v) is 9.69. The van der Waals surface area contributed by atoms with Gasteiger partial charge < -0.3 is 16.0 Å². The number of aryl methyl sites for hydroxylation is 1. The second kappa shape index (κ2) is 15.8. The SMILES string of the molecule is O=C(CCCl)Nc1ccc(Cl)c(Br)c1.O=C1CCc2c(ccc(Cl)c2Br)N1.O=C1CCc2cc(Cl)c(Br)cc2N1. The van der Waals surface area contributed by atoms with Crippen LogP contribution in [-0.4, -0.2) is 23.6 Å². The number of fused-ring (bicyclic) bond motifs is 2. The van der Waals surface area contributed by atoms with Crippen molar-refractivity contribution in [1.82, 2.24) is 0 Å². The van der Waals surface area contributed by atoms with Crippen LogP contribution in [0.1, 0.15) is 30.4 Å². The molecule has 0 spiro atoms. The number of rotatable bonds is 3. The van der Waals surface area contributed by atoms with Crippen molar-refractivity contribution in [2.45, 2.75) is 32.1 Å². The summed E-state index contributed by atoms with van der Waals surface area (Å²) in [5.41, 5.74) is 4.64. The van der Waals surface area contributed by atoms with E-state index in [1.165, 1.54) is 0 Å². The van der Waals surface area contributed by atoms with E-state index in [1.54, 1.807) is 24.3 Å². The standard InChI is InChI=1S/C9H8BrCl2NO.2C9H7BrClNO/c10-7-5-6(1-2-8(7)12)13-9(14)3-4-11;10-9-5-1-4-8(13)12-7(5)3-2-6(9)11;10-6-4-8-5(3-7(6)11)1-2-9(13)12-8/h1-2,5H,3-4H2,(H,13,14);2-3H,1,4H2,(H,12,13);3-4H,1-2H2,(H,12,13). The fourth-order valence-corrected chi connectivity index (χ4v) is 5.58. The first kappa shape index (κ1) is 33.2. The van der Waals surface area contributed by atoms with Crippen LogP contribution in [0.15, 0.2) is 55.9 Å². The van der Waals surface area contributed by atoms with E-state index in [4.69, 9.17) is 46.4 Å². The molecule has 5 rings (SSSR count). The van der Waals surface area contributed by atoms with E-state index < -0.39 is 0 Å². The maximum absolute atomic E-state index is 11.2. The van der Waals surface area contributed by atoms with Crippen LogP contribution in [0.4, 0.5) is 17.1 Å². The zero-order chi connectivity index (χ0) is 29.4. The largest absolute Gasteiger partial charge is 0.326 e. The molecule has 3 aromatic carbocycles. The minimum atomic E-state index is -0.103. The van der Waals surface area contributed by atoms with Gasteiger partial charge in [0.15, 0.2) is 0 Å². The molecule has 2 aliphatic heterocycles. The fraction of sp³-hybridized carbons (Fsp3) is 0.222. The summed E-state index contributed by atoms with van der Waals surface area (Å²) in [6.07, 6.45) is 2.91. The van der Waals surface area contributed by atoms with E-state index in [1.807, 2.05) is 18.2 Å². The Morgan fingerprint density at radius 3 is 2.08 bits per heavy atom. The monoisotopic (exact) mass is 813 g/mol. The van der Waals surface area contributed by atoms with E-state index in [9.17, 15) is 14.4 Å². The highest BCUT2D eigenvalue weighted by Crippen LogP contribution is 2.35. The lowest BCUT2D eigenvalue weighted by Crippen LogP contribution is -2.19. The topological polar surface area (TPSA) is 87.3 Å². The van der Waals surface area contributed by atoms with Gasteiger partial charge in [0.05, 0.1) is 15.1 Å². The first-order chi connectivity index (χ1) is 19.0. The molecule has 6 nitrogen and oxygen atoms in total. The van der Waals surface area contributed by atoms with E-state index in [0.717, 1.165) is 48.8 Å². The van der Waals surface area contributed by atoms with Gasteiger partial charge in [0.2, 0.25) is 17.7 Å². The van der Waals surface area contributed by atoms with Gasteiger partial charge in [0.1, 0.15) is 0 Å². The second-order valence-electron chi connectivity index (χ2n) is 8.52. The van der Waals surface area contributed by atoms with Crippen LogP contribution in [0, 0.1) is 0 Å². The van der Waals surface area contributed by atoms with Crippen molar-refractivity contribution < 1.29 is 14.4 Å². The Morgan fingerprint density at radius 1 is 0.775 bits per heavy atom. The summed E-state index contributed by atoms with van der Waals surface area (Å²) in [5.74, 6) is 0.360. The van der Waals surface area contributed by atoms with E-state index >= 15 is 0 Å². The molecule has 40 heavy (non-hydrogen) atoms.